The molecule has 8 heteroatoms. The second-order valence-electron chi connectivity index (χ2n) is 5.35. The molecule has 0 aromatic rings. The molecule has 99 valence electrons. The van der Waals surface area contributed by atoms with Gasteiger partial charge in [0.25, 0.3) is 0 Å². The molecular formula is C8H19Br5Ge2P. The average molecular weight is 691 g/mol. The SMILES string of the molecule is CC(C)(C)[PH](=[Ge]([Br])[Br])C(C)(C)C.[Br][Ge]([Br])[Br]. The Bertz CT molecular complexity index is 219. The summed E-state index contributed by atoms with van der Waals surface area (Å²) in [5.41, 5.74) is 0. The summed E-state index contributed by atoms with van der Waals surface area (Å²) in [6.45, 7) is 14.3. The quantitative estimate of drug-likeness (QED) is 0.196. The fourth-order valence-corrected chi connectivity index (χ4v) is 49.3. The zero-order chi connectivity index (χ0) is 13.7. The van der Waals surface area contributed by atoms with Crippen LogP contribution in [0.4, 0.5) is 0 Å². The number of hydrogen-bond acceptors (Lipinski definition) is 0. The van der Waals surface area contributed by atoms with E-state index in [1.807, 2.05) is 0 Å². The van der Waals surface area contributed by atoms with Crippen LogP contribution in [0.25, 0.3) is 0 Å². The van der Waals surface area contributed by atoms with Crippen molar-refractivity contribution in [2.45, 2.75) is 51.9 Å². The molecule has 0 fully saturated rings. The van der Waals surface area contributed by atoms with Gasteiger partial charge in [0.15, 0.2) is 0 Å². The van der Waals surface area contributed by atoms with Crippen LogP contribution < -0.4 is 0 Å². The van der Waals surface area contributed by atoms with Gasteiger partial charge in [-0.25, -0.2) is 0 Å². The van der Waals surface area contributed by atoms with Crippen molar-refractivity contribution in [2.24, 2.45) is 0 Å². The van der Waals surface area contributed by atoms with E-state index in [9.17, 15) is 0 Å². The van der Waals surface area contributed by atoms with Crippen LogP contribution in [0.1, 0.15) is 41.5 Å². The Morgan fingerprint density at radius 1 is 0.688 bits per heavy atom. The van der Waals surface area contributed by atoms with Crippen molar-refractivity contribution >= 4 is 94.7 Å². The predicted molar refractivity (Wildman–Crippen MR) is 104 cm³/mol. The molecule has 0 rings (SSSR count). The second-order valence-corrected chi connectivity index (χ2v) is 67.2. The molecule has 0 aliphatic carbocycles. The fourth-order valence-electron chi connectivity index (χ4n) is 1.69. The molecule has 0 saturated carbocycles. The Morgan fingerprint density at radius 2 is 0.875 bits per heavy atom. The van der Waals surface area contributed by atoms with Crippen molar-refractivity contribution in [3.63, 3.8) is 0 Å². The Balaban J connectivity index is 0. The van der Waals surface area contributed by atoms with E-state index < -0.39 is 18.6 Å². The monoisotopic (exact) mass is 689 g/mol. The maximum absolute atomic E-state index is 3.84. The van der Waals surface area contributed by atoms with E-state index in [-0.39, 0.29) is 6.09 Å². The molecule has 0 spiro atoms. The van der Waals surface area contributed by atoms with Gasteiger partial charge in [0.05, 0.1) is 0 Å². The second kappa shape index (κ2) is 9.78. The third kappa shape index (κ3) is 12.9. The summed E-state index contributed by atoms with van der Waals surface area (Å²) in [4.78, 5) is 0. The first kappa shape index (κ1) is 22.2. The van der Waals surface area contributed by atoms with Crippen molar-refractivity contribution in [2.75, 3.05) is 0 Å². The molecule has 0 atom stereocenters. The van der Waals surface area contributed by atoms with Crippen molar-refractivity contribution in [3.05, 3.63) is 0 Å². The summed E-state index contributed by atoms with van der Waals surface area (Å²) in [7, 11) is -1.97. The molecule has 0 aromatic heterocycles. The van der Waals surface area contributed by atoms with E-state index in [1.165, 1.54) is 0 Å². The molecule has 0 heterocycles. The zero-order valence-electron chi connectivity index (χ0n) is 10.4. The maximum atomic E-state index is 3.84. The van der Waals surface area contributed by atoms with Gasteiger partial charge in [-0.05, 0) is 0 Å². The summed E-state index contributed by atoms with van der Waals surface area (Å²) in [5, 5.41) is 1.01. The van der Waals surface area contributed by atoms with E-state index >= 15 is 0 Å². The third-order valence-corrected chi connectivity index (χ3v) is 29.2. The molecule has 16 heavy (non-hydrogen) atoms. The molecule has 0 saturated heterocycles. The first-order valence-corrected chi connectivity index (χ1v) is 33.9. The number of rotatable bonds is 0. The van der Waals surface area contributed by atoms with Crippen LogP contribution in [0.5, 0.6) is 0 Å². The van der Waals surface area contributed by atoms with Gasteiger partial charge in [0.2, 0.25) is 0 Å². The van der Waals surface area contributed by atoms with Crippen LogP contribution in [0.15, 0.2) is 0 Å². The Labute approximate surface area is 144 Å². The molecule has 0 aliphatic rings. The minimum atomic E-state index is -1.07. The van der Waals surface area contributed by atoms with Crippen LogP contribution in [0.2, 0.25) is 0 Å². The molecule has 0 aromatic carbocycles. The zero-order valence-corrected chi connectivity index (χ0v) is 23.5. The Kier molecular flexibility index (Phi) is 13.6. The molecule has 0 nitrogen and oxygen atoms in total. The standard InChI is InChI=1S/C8H19Br2GeP.Br3Ge/c1-7(2,3)12(11(9)10)8(4,5)6;1-4(2)3/h12H,1-6H3;. The van der Waals surface area contributed by atoms with E-state index in [0.717, 1.165) is 0 Å². The Hall–Kier alpha value is 3.92. The number of hydrogen-bond donors (Lipinski definition) is 0. The van der Waals surface area contributed by atoms with Crippen molar-refractivity contribution in [3.8, 4) is 0 Å². The summed E-state index contributed by atoms with van der Waals surface area (Å²) in [5.74, 6) is 0. The van der Waals surface area contributed by atoms with E-state index in [1.54, 1.807) is 0 Å². The van der Waals surface area contributed by atoms with Crippen LogP contribution in [0.3, 0.4) is 0 Å². The summed E-state index contributed by atoms with van der Waals surface area (Å²) >= 11 is 17.5. The van der Waals surface area contributed by atoms with Gasteiger partial charge in [0, 0.05) is 0 Å². The van der Waals surface area contributed by atoms with Gasteiger partial charge in [-0.2, -0.15) is 0 Å². The minimum absolute atomic E-state index is 0.293. The van der Waals surface area contributed by atoms with Crippen molar-refractivity contribution in [1.29, 1.82) is 0 Å². The van der Waals surface area contributed by atoms with E-state index in [4.69, 9.17) is 0 Å². The average Bonchev–Trinajstić information content (AvgIpc) is 1.73. The van der Waals surface area contributed by atoms with Gasteiger partial charge < -0.3 is 0 Å². The Morgan fingerprint density at radius 3 is 0.875 bits per heavy atom. The molecule has 0 aliphatic heterocycles. The summed E-state index contributed by atoms with van der Waals surface area (Å²) in [6, 6.07) is 0. The van der Waals surface area contributed by atoms with Gasteiger partial charge >= 0.3 is 147 Å². The fraction of sp³-hybridized carbons (Fsp3) is 1.00. The molecular weight excluding hydrogens is 672 g/mol. The molecule has 1 radical (unpaired) electrons. The van der Waals surface area contributed by atoms with Gasteiger partial charge in [0.1, 0.15) is 0 Å². The topological polar surface area (TPSA) is 0 Å². The molecule has 0 bridgehead atoms. The van der Waals surface area contributed by atoms with Crippen LogP contribution in [-0.2, 0) is 0 Å². The van der Waals surface area contributed by atoms with Gasteiger partial charge in [-0.15, -0.1) is 0 Å². The van der Waals surface area contributed by atoms with Gasteiger partial charge in [-0.1, -0.05) is 0 Å². The van der Waals surface area contributed by atoms with Crippen molar-refractivity contribution in [1.82, 2.24) is 0 Å². The predicted octanol–water partition coefficient (Wildman–Crippen LogP) is 6.73. The van der Waals surface area contributed by atoms with E-state index in [0.29, 0.717) is 10.3 Å². The number of halogens is 5. The summed E-state index contributed by atoms with van der Waals surface area (Å²) in [6.07, 6.45) is -0.293. The van der Waals surface area contributed by atoms with Gasteiger partial charge in [-0.3, -0.25) is 0 Å². The van der Waals surface area contributed by atoms with Crippen LogP contribution in [-0.4, -0.2) is 28.9 Å². The normalized spacial score (nSPS) is 12.6. The van der Waals surface area contributed by atoms with Crippen LogP contribution in [0, 0.1) is 0 Å². The van der Waals surface area contributed by atoms with Crippen molar-refractivity contribution < 1.29 is 0 Å². The third-order valence-electron chi connectivity index (χ3n) is 1.69. The van der Waals surface area contributed by atoms with E-state index in [2.05, 4.69) is 112 Å². The first-order valence-electron chi connectivity index (χ1n) is 4.69. The summed E-state index contributed by atoms with van der Waals surface area (Å²) < 4.78 is 0. The van der Waals surface area contributed by atoms with Crippen LogP contribution >= 0.6 is 76.1 Å². The first-order chi connectivity index (χ1) is 6.80. The molecule has 0 unspecified atom stereocenters. The molecule has 0 N–H and O–H groups in total. The molecule has 0 amide bonds.